The number of nitrogens with zero attached hydrogens (tertiary/aromatic N) is 4. The molecule has 0 spiro atoms. The summed E-state index contributed by atoms with van der Waals surface area (Å²) in [6.07, 6.45) is 1.87. The first-order chi connectivity index (χ1) is 25.8. The maximum Gasteiger partial charge on any atom is 0.139 e. The van der Waals surface area contributed by atoms with Crippen molar-refractivity contribution < 1.29 is 0 Å². The third kappa shape index (κ3) is 3.75. The molecule has 4 heteroatoms. The SMILES string of the molecule is c1ccc(-n2c3ccccc3c3cc(-c4ccc5c(c4)c4cc6ccccc6cc4n5-c4cc5cccc6c5c(n4)-c4ncccc4-6)ccc32)cc1. The molecule has 12 rings (SSSR count). The van der Waals surface area contributed by atoms with E-state index in [-0.39, 0.29) is 0 Å². The van der Waals surface area contributed by atoms with Crippen molar-refractivity contribution in [2.75, 3.05) is 0 Å². The number of hydrogen-bond donors (Lipinski definition) is 0. The molecule has 0 N–H and O–H groups in total. The highest BCUT2D eigenvalue weighted by atomic mass is 15.1. The first-order valence-corrected chi connectivity index (χ1v) is 17.7. The molecule has 7 aromatic carbocycles. The van der Waals surface area contributed by atoms with E-state index in [9.17, 15) is 0 Å². The molecule has 0 bridgehead atoms. The van der Waals surface area contributed by atoms with Crippen LogP contribution >= 0.6 is 0 Å². The molecular weight excluding hydrogens is 633 g/mol. The molecule has 0 saturated heterocycles. The Morgan fingerprint density at radius 1 is 0.385 bits per heavy atom. The van der Waals surface area contributed by atoms with Gasteiger partial charge in [-0.2, -0.15) is 0 Å². The molecule has 4 heterocycles. The van der Waals surface area contributed by atoms with E-state index in [2.05, 4.69) is 167 Å². The largest absolute Gasteiger partial charge is 0.309 e. The Morgan fingerprint density at radius 3 is 1.88 bits per heavy atom. The molecule has 0 amide bonds. The van der Waals surface area contributed by atoms with Crippen molar-refractivity contribution in [1.82, 2.24) is 19.1 Å². The first kappa shape index (κ1) is 27.7. The van der Waals surface area contributed by atoms with E-state index >= 15 is 0 Å². The van der Waals surface area contributed by atoms with Crippen LogP contribution in [0.3, 0.4) is 0 Å². The summed E-state index contributed by atoms with van der Waals surface area (Å²) >= 11 is 0. The number of pyridine rings is 2. The van der Waals surface area contributed by atoms with Gasteiger partial charge in [-0.15, -0.1) is 0 Å². The summed E-state index contributed by atoms with van der Waals surface area (Å²) in [6, 6.07) is 59.4. The Bertz CT molecular complexity index is 3290. The van der Waals surface area contributed by atoms with E-state index in [0.29, 0.717) is 0 Å². The molecule has 0 aliphatic heterocycles. The lowest BCUT2D eigenvalue weighted by Crippen LogP contribution is -1.99. The van der Waals surface area contributed by atoms with Crippen molar-refractivity contribution in [1.29, 1.82) is 0 Å². The number of aromatic nitrogens is 4. The highest BCUT2D eigenvalue weighted by Crippen LogP contribution is 2.46. The lowest BCUT2D eigenvalue weighted by molar-refractivity contribution is 1.09. The van der Waals surface area contributed by atoms with E-state index in [1.165, 1.54) is 76.5 Å². The van der Waals surface area contributed by atoms with Crippen LogP contribution in [0.2, 0.25) is 0 Å². The molecule has 0 unspecified atom stereocenters. The lowest BCUT2D eigenvalue weighted by atomic mass is 10.00. The molecule has 0 fully saturated rings. The molecular formula is C48H28N4. The maximum absolute atomic E-state index is 5.40. The fourth-order valence-corrected chi connectivity index (χ4v) is 8.76. The van der Waals surface area contributed by atoms with Gasteiger partial charge in [0.05, 0.1) is 27.8 Å². The smallest absolute Gasteiger partial charge is 0.139 e. The van der Waals surface area contributed by atoms with Gasteiger partial charge in [-0.1, -0.05) is 97.1 Å². The molecule has 52 heavy (non-hydrogen) atoms. The van der Waals surface area contributed by atoms with Crippen molar-refractivity contribution in [3.05, 3.63) is 170 Å². The third-order valence-electron chi connectivity index (χ3n) is 11.0. The van der Waals surface area contributed by atoms with E-state index < -0.39 is 0 Å². The summed E-state index contributed by atoms with van der Waals surface area (Å²) in [6.45, 7) is 0. The average molecular weight is 661 g/mol. The third-order valence-corrected chi connectivity index (χ3v) is 11.0. The number of rotatable bonds is 3. The van der Waals surface area contributed by atoms with Crippen LogP contribution in [0.4, 0.5) is 0 Å². The zero-order valence-electron chi connectivity index (χ0n) is 28.0. The van der Waals surface area contributed by atoms with Crippen molar-refractivity contribution in [3.8, 4) is 45.1 Å². The topological polar surface area (TPSA) is 35.6 Å². The quantitative estimate of drug-likeness (QED) is 0.189. The highest BCUT2D eigenvalue weighted by Gasteiger charge is 2.26. The van der Waals surface area contributed by atoms with Gasteiger partial charge in [-0.05, 0) is 99.6 Å². The second kappa shape index (κ2) is 10.3. The van der Waals surface area contributed by atoms with Crippen molar-refractivity contribution >= 4 is 65.2 Å². The van der Waals surface area contributed by atoms with Gasteiger partial charge >= 0.3 is 0 Å². The number of para-hydroxylation sites is 2. The lowest BCUT2D eigenvalue weighted by Gasteiger charge is -2.11. The van der Waals surface area contributed by atoms with Gasteiger partial charge in [-0.3, -0.25) is 9.55 Å². The normalized spacial score (nSPS) is 12.2. The fourth-order valence-electron chi connectivity index (χ4n) is 8.76. The molecule has 1 aliphatic rings. The Kier molecular flexibility index (Phi) is 5.47. The second-order valence-corrected chi connectivity index (χ2v) is 13.8. The minimum atomic E-state index is 0.899. The van der Waals surface area contributed by atoms with Crippen LogP contribution in [0.15, 0.2) is 170 Å². The van der Waals surface area contributed by atoms with Crippen LogP contribution in [0, 0.1) is 0 Å². The van der Waals surface area contributed by atoms with Gasteiger partial charge in [0.1, 0.15) is 11.5 Å². The fraction of sp³-hybridized carbons (Fsp3) is 0. The molecule has 0 atom stereocenters. The Labute approximate surface area is 298 Å². The molecule has 240 valence electrons. The second-order valence-electron chi connectivity index (χ2n) is 13.8. The predicted molar refractivity (Wildman–Crippen MR) is 216 cm³/mol. The molecule has 4 nitrogen and oxygen atoms in total. The Hall–Kier alpha value is -7.04. The predicted octanol–water partition coefficient (Wildman–Crippen LogP) is 12.3. The number of benzene rings is 7. The number of fused-ring (bicyclic) bond motifs is 10. The van der Waals surface area contributed by atoms with E-state index in [0.717, 1.165) is 33.8 Å². The van der Waals surface area contributed by atoms with Crippen LogP contribution in [0.1, 0.15) is 0 Å². The Morgan fingerprint density at radius 2 is 1.04 bits per heavy atom. The molecule has 1 aliphatic carbocycles. The monoisotopic (exact) mass is 660 g/mol. The summed E-state index contributed by atoms with van der Waals surface area (Å²) in [4.78, 5) is 10.2. The summed E-state index contributed by atoms with van der Waals surface area (Å²) < 4.78 is 4.72. The van der Waals surface area contributed by atoms with Gasteiger partial charge in [0.25, 0.3) is 0 Å². The summed E-state index contributed by atoms with van der Waals surface area (Å²) in [7, 11) is 0. The van der Waals surface area contributed by atoms with Crippen molar-refractivity contribution in [3.63, 3.8) is 0 Å². The zero-order chi connectivity index (χ0) is 33.9. The van der Waals surface area contributed by atoms with Gasteiger partial charge in [-0.25, -0.2) is 4.98 Å². The number of hydrogen-bond acceptors (Lipinski definition) is 2. The first-order valence-electron chi connectivity index (χ1n) is 17.7. The minimum absolute atomic E-state index is 0.899. The van der Waals surface area contributed by atoms with Crippen LogP contribution in [0.5, 0.6) is 0 Å². The molecule has 0 saturated carbocycles. The van der Waals surface area contributed by atoms with Gasteiger partial charge in [0.15, 0.2) is 0 Å². The summed E-state index contributed by atoms with van der Waals surface area (Å²) in [5, 5.41) is 9.70. The molecule has 11 aromatic rings. The van der Waals surface area contributed by atoms with Crippen LogP contribution < -0.4 is 0 Å². The molecule has 4 aromatic heterocycles. The van der Waals surface area contributed by atoms with Crippen molar-refractivity contribution in [2.24, 2.45) is 0 Å². The van der Waals surface area contributed by atoms with Gasteiger partial charge < -0.3 is 4.57 Å². The zero-order valence-corrected chi connectivity index (χ0v) is 28.0. The Balaban J connectivity index is 1.11. The maximum atomic E-state index is 5.40. The van der Waals surface area contributed by atoms with E-state index in [1.807, 2.05) is 12.3 Å². The summed E-state index contributed by atoms with van der Waals surface area (Å²) in [5.41, 5.74) is 12.5. The van der Waals surface area contributed by atoms with Crippen LogP contribution in [-0.4, -0.2) is 19.1 Å². The van der Waals surface area contributed by atoms with Crippen LogP contribution in [-0.2, 0) is 0 Å². The van der Waals surface area contributed by atoms with Crippen molar-refractivity contribution in [2.45, 2.75) is 0 Å². The minimum Gasteiger partial charge on any atom is -0.309 e. The summed E-state index contributed by atoms with van der Waals surface area (Å²) in [5.74, 6) is 0.899. The highest BCUT2D eigenvalue weighted by molar-refractivity contribution is 6.17. The molecule has 0 radical (unpaired) electrons. The average Bonchev–Trinajstić information content (AvgIpc) is 3.83. The van der Waals surface area contributed by atoms with E-state index in [1.54, 1.807) is 0 Å². The van der Waals surface area contributed by atoms with Gasteiger partial charge in [0.2, 0.25) is 0 Å². The van der Waals surface area contributed by atoms with E-state index in [4.69, 9.17) is 9.97 Å². The van der Waals surface area contributed by atoms with Gasteiger partial charge in [0, 0.05) is 44.4 Å². The van der Waals surface area contributed by atoms with Crippen LogP contribution in [0.25, 0.3) is 110 Å². The standard InChI is InChI=1S/C48H28N4/c1-2-13-34(14-3-1)51-41-18-7-6-15-35(41)38-25-31(19-21-42(38)51)32-20-22-43-39(26-32)40-24-29-10-4-5-11-30(29)27-44(40)52(43)45-28-33-12-8-16-36-37-17-9-23-49-47(37)48(50-45)46(33)36/h1-28H.